The van der Waals surface area contributed by atoms with Crippen LogP contribution in [0.3, 0.4) is 0 Å². The van der Waals surface area contributed by atoms with Gasteiger partial charge in [-0.2, -0.15) is 0 Å². The Morgan fingerprint density at radius 1 is 1.26 bits per heavy atom. The second-order valence-electron chi connectivity index (χ2n) is 6.80. The third-order valence-electron chi connectivity index (χ3n) is 4.27. The van der Waals surface area contributed by atoms with Gasteiger partial charge in [0.25, 0.3) is 5.91 Å². The van der Waals surface area contributed by atoms with Crippen LogP contribution in [-0.2, 0) is 6.54 Å². The molecular formula is C19H28N2O2. The summed E-state index contributed by atoms with van der Waals surface area (Å²) in [6, 6.07) is 5.99. The van der Waals surface area contributed by atoms with Crippen molar-refractivity contribution in [2.75, 3.05) is 0 Å². The van der Waals surface area contributed by atoms with E-state index in [0.717, 1.165) is 35.6 Å². The van der Waals surface area contributed by atoms with Crippen LogP contribution in [0.15, 0.2) is 28.9 Å². The van der Waals surface area contributed by atoms with Crippen molar-refractivity contribution in [1.82, 2.24) is 9.88 Å². The maximum atomic E-state index is 12.5. The predicted octanol–water partition coefficient (Wildman–Crippen LogP) is 4.30. The Balaban J connectivity index is 2.06. The Hall–Kier alpha value is -1.97. The van der Waals surface area contributed by atoms with Gasteiger partial charge in [-0.05, 0) is 57.7 Å². The zero-order chi connectivity index (χ0) is 17.0. The van der Waals surface area contributed by atoms with E-state index in [1.54, 1.807) is 6.26 Å². The third-order valence-corrected chi connectivity index (χ3v) is 4.27. The lowest BCUT2D eigenvalue weighted by atomic mass is 10.0. The molecule has 2 aromatic heterocycles. The molecule has 0 aliphatic rings. The van der Waals surface area contributed by atoms with Gasteiger partial charge in [0.1, 0.15) is 5.76 Å². The minimum Gasteiger partial charge on any atom is -0.467 e. The largest absolute Gasteiger partial charge is 0.467 e. The molecule has 4 nitrogen and oxygen atoms in total. The predicted molar refractivity (Wildman–Crippen MR) is 92.7 cm³/mol. The molecular weight excluding hydrogens is 288 g/mol. The number of nitrogens with one attached hydrogen (secondary N) is 1. The molecule has 2 heterocycles. The van der Waals surface area contributed by atoms with Crippen molar-refractivity contribution in [1.29, 1.82) is 0 Å². The van der Waals surface area contributed by atoms with Gasteiger partial charge in [-0.25, -0.2) is 0 Å². The average molecular weight is 316 g/mol. The van der Waals surface area contributed by atoms with Crippen molar-refractivity contribution in [2.24, 2.45) is 5.92 Å². The van der Waals surface area contributed by atoms with E-state index in [4.69, 9.17) is 4.42 Å². The smallest absolute Gasteiger partial charge is 0.253 e. The molecule has 23 heavy (non-hydrogen) atoms. The van der Waals surface area contributed by atoms with Crippen molar-refractivity contribution in [2.45, 2.75) is 60.0 Å². The number of nitrogens with zero attached hydrogens (tertiary/aromatic N) is 1. The summed E-state index contributed by atoms with van der Waals surface area (Å²) in [6.45, 7) is 11.1. The molecule has 0 spiro atoms. The summed E-state index contributed by atoms with van der Waals surface area (Å²) < 4.78 is 7.53. The van der Waals surface area contributed by atoms with Gasteiger partial charge in [-0.1, -0.05) is 13.8 Å². The molecule has 0 radical (unpaired) electrons. The van der Waals surface area contributed by atoms with Crippen LogP contribution >= 0.6 is 0 Å². The lowest BCUT2D eigenvalue weighted by molar-refractivity contribution is 0.0936. The molecule has 0 aromatic carbocycles. The number of furan rings is 1. The van der Waals surface area contributed by atoms with Crippen molar-refractivity contribution in [3.05, 3.63) is 47.2 Å². The number of carbonyl (C=O) groups excluding carboxylic acids is 1. The van der Waals surface area contributed by atoms with E-state index in [1.165, 1.54) is 0 Å². The van der Waals surface area contributed by atoms with Gasteiger partial charge in [0.05, 0.1) is 18.4 Å². The van der Waals surface area contributed by atoms with Gasteiger partial charge in [0, 0.05) is 17.4 Å². The van der Waals surface area contributed by atoms with Gasteiger partial charge in [0.2, 0.25) is 0 Å². The number of hydrogen-bond acceptors (Lipinski definition) is 2. The fourth-order valence-electron chi connectivity index (χ4n) is 2.79. The van der Waals surface area contributed by atoms with E-state index in [1.807, 2.05) is 32.0 Å². The molecule has 4 heteroatoms. The van der Waals surface area contributed by atoms with Crippen molar-refractivity contribution < 1.29 is 9.21 Å². The Morgan fingerprint density at radius 2 is 2.00 bits per heavy atom. The molecule has 2 aromatic rings. The summed E-state index contributed by atoms with van der Waals surface area (Å²) in [6.07, 6.45) is 3.81. The number of aromatic nitrogens is 1. The highest BCUT2D eigenvalue weighted by Gasteiger charge is 2.18. The highest BCUT2D eigenvalue weighted by atomic mass is 16.3. The van der Waals surface area contributed by atoms with Crippen LogP contribution in [-0.4, -0.2) is 16.5 Å². The molecule has 0 saturated heterocycles. The molecule has 1 unspecified atom stereocenters. The van der Waals surface area contributed by atoms with E-state index in [-0.39, 0.29) is 11.9 Å². The minimum absolute atomic E-state index is 0.0139. The van der Waals surface area contributed by atoms with Crippen LogP contribution in [0.2, 0.25) is 0 Å². The number of amides is 1. The van der Waals surface area contributed by atoms with Gasteiger partial charge < -0.3 is 14.3 Å². The van der Waals surface area contributed by atoms with Crippen LogP contribution in [0.4, 0.5) is 0 Å². The van der Waals surface area contributed by atoms with Gasteiger partial charge in [-0.15, -0.1) is 0 Å². The van der Waals surface area contributed by atoms with Crippen LogP contribution in [0.5, 0.6) is 0 Å². The van der Waals surface area contributed by atoms with E-state index < -0.39 is 0 Å². The quantitative estimate of drug-likeness (QED) is 0.828. The van der Waals surface area contributed by atoms with E-state index in [0.29, 0.717) is 12.5 Å². The van der Waals surface area contributed by atoms with E-state index in [2.05, 4.69) is 30.7 Å². The summed E-state index contributed by atoms with van der Waals surface area (Å²) in [4.78, 5) is 12.5. The molecule has 1 atom stereocenters. The number of rotatable bonds is 7. The maximum Gasteiger partial charge on any atom is 0.253 e. The van der Waals surface area contributed by atoms with E-state index >= 15 is 0 Å². The van der Waals surface area contributed by atoms with Crippen molar-refractivity contribution >= 4 is 5.91 Å². The fourth-order valence-corrected chi connectivity index (χ4v) is 2.79. The maximum absolute atomic E-state index is 12.5. The van der Waals surface area contributed by atoms with E-state index in [9.17, 15) is 4.79 Å². The first-order valence-electron chi connectivity index (χ1n) is 8.38. The Labute approximate surface area is 138 Å². The zero-order valence-corrected chi connectivity index (χ0v) is 14.8. The summed E-state index contributed by atoms with van der Waals surface area (Å²) in [5, 5.41) is 3.12. The lowest BCUT2D eigenvalue weighted by Gasteiger charge is -2.15. The molecule has 0 bridgehead atoms. The molecule has 126 valence electrons. The van der Waals surface area contributed by atoms with Crippen LogP contribution in [0.25, 0.3) is 0 Å². The Kier molecular flexibility index (Phi) is 5.69. The average Bonchev–Trinajstić information content (AvgIpc) is 3.08. The molecule has 0 fully saturated rings. The normalized spacial score (nSPS) is 12.6. The molecule has 1 N–H and O–H groups in total. The number of hydrogen-bond donors (Lipinski definition) is 1. The Bertz CT molecular complexity index is 639. The van der Waals surface area contributed by atoms with Crippen molar-refractivity contribution in [3.8, 4) is 0 Å². The lowest BCUT2D eigenvalue weighted by Crippen LogP contribution is -2.33. The van der Waals surface area contributed by atoms with Crippen LogP contribution in [0.1, 0.15) is 61.1 Å². The van der Waals surface area contributed by atoms with Crippen LogP contribution < -0.4 is 5.32 Å². The Morgan fingerprint density at radius 3 is 2.61 bits per heavy atom. The standard InChI is InChI=1S/C19H28N2O2/c1-13(2)8-9-14(3)20-19(22)18-11-15(4)21(16(18)5)12-17-7-6-10-23-17/h6-7,10-11,13-14H,8-9,12H2,1-5H3,(H,20,22). The number of carbonyl (C=O) groups is 1. The molecule has 2 rings (SSSR count). The summed E-state index contributed by atoms with van der Waals surface area (Å²) in [7, 11) is 0. The highest BCUT2D eigenvalue weighted by molar-refractivity contribution is 5.95. The summed E-state index contributed by atoms with van der Waals surface area (Å²) in [5.74, 6) is 1.57. The van der Waals surface area contributed by atoms with Gasteiger partial charge in [0.15, 0.2) is 0 Å². The fraction of sp³-hybridized carbons (Fsp3) is 0.526. The first-order chi connectivity index (χ1) is 10.9. The van der Waals surface area contributed by atoms with Crippen LogP contribution in [0, 0.1) is 19.8 Å². The van der Waals surface area contributed by atoms with Crippen molar-refractivity contribution in [3.63, 3.8) is 0 Å². The molecule has 1 amide bonds. The summed E-state index contributed by atoms with van der Waals surface area (Å²) in [5.41, 5.74) is 2.80. The highest BCUT2D eigenvalue weighted by Crippen LogP contribution is 2.18. The molecule has 0 aliphatic carbocycles. The topological polar surface area (TPSA) is 47.2 Å². The SMILES string of the molecule is Cc1cc(C(=O)NC(C)CCC(C)C)c(C)n1Cc1ccco1. The first-order valence-corrected chi connectivity index (χ1v) is 8.38. The monoisotopic (exact) mass is 316 g/mol. The third kappa shape index (κ3) is 4.50. The molecule has 0 aliphatic heterocycles. The second-order valence-corrected chi connectivity index (χ2v) is 6.80. The van der Waals surface area contributed by atoms with Gasteiger partial charge >= 0.3 is 0 Å². The zero-order valence-electron chi connectivity index (χ0n) is 14.8. The first kappa shape index (κ1) is 17.4. The summed E-state index contributed by atoms with van der Waals surface area (Å²) >= 11 is 0. The second kappa shape index (κ2) is 7.53. The van der Waals surface area contributed by atoms with Gasteiger partial charge in [-0.3, -0.25) is 4.79 Å². The minimum atomic E-state index is 0.0139. The number of aryl methyl sites for hydroxylation is 1. The molecule has 0 saturated carbocycles.